The normalized spacial score (nSPS) is 17.8. The molecule has 2 N–H and O–H groups in total. The van der Waals surface area contributed by atoms with Crippen LogP contribution in [0.2, 0.25) is 0 Å². The molecule has 0 saturated carbocycles. The van der Waals surface area contributed by atoms with Gasteiger partial charge in [-0.25, -0.2) is 13.6 Å². The molecule has 2 aromatic carbocycles. The van der Waals surface area contributed by atoms with Crippen LogP contribution in [0.3, 0.4) is 0 Å². The fourth-order valence-electron chi connectivity index (χ4n) is 3.18. The van der Waals surface area contributed by atoms with E-state index in [-0.39, 0.29) is 6.04 Å². The fraction of sp³-hybridized carbons (Fsp3) is 0.250. The molecule has 0 amide bonds. The van der Waals surface area contributed by atoms with E-state index < -0.39 is 11.3 Å². The monoisotopic (exact) mass is 344 g/mol. The second-order valence-electron chi connectivity index (χ2n) is 5.78. The van der Waals surface area contributed by atoms with Crippen LogP contribution in [0.4, 0.5) is 0 Å². The van der Waals surface area contributed by atoms with Crippen molar-refractivity contribution in [2.75, 3.05) is 7.11 Å². The van der Waals surface area contributed by atoms with E-state index in [0.29, 0.717) is 0 Å². The quantitative estimate of drug-likeness (QED) is 0.702. The van der Waals surface area contributed by atoms with Crippen LogP contribution in [0.25, 0.3) is 16.7 Å². The average molecular weight is 344 g/mol. The molecule has 0 fully saturated rings. The molecule has 0 radical (unpaired) electrons. The van der Waals surface area contributed by atoms with E-state index in [9.17, 15) is 4.21 Å². The summed E-state index contributed by atoms with van der Waals surface area (Å²) in [4.78, 5) is 0. The summed E-state index contributed by atoms with van der Waals surface area (Å²) in [6, 6.07) is 11.8. The first kappa shape index (κ1) is 15.3. The largest absolute Gasteiger partial charge is 0.497 e. The van der Waals surface area contributed by atoms with Gasteiger partial charge in [0.15, 0.2) is 0 Å². The van der Waals surface area contributed by atoms with Crippen molar-refractivity contribution in [2.45, 2.75) is 18.9 Å². The number of hydrogen-bond acceptors (Lipinski definition) is 4. The number of rotatable bonds is 4. The first-order valence-electron chi connectivity index (χ1n) is 7.52. The van der Waals surface area contributed by atoms with Crippen molar-refractivity contribution in [2.24, 2.45) is 0 Å². The molecule has 2 unspecified atom stereocenters. The van der Waals surface area contributed by atoms with Crippen LogP contribution in [0, 0.1) is 0 Å². The van der Waals surface area contributed by atoms with Crippen LogP contribution in [-0.4, -0.2) is 36.9 Å². The summed E-state index contributed by atoms with van der Waals surface area (Å²) >= 11 is -1.99. The third-order valence-electron chi connectivity index (χ3n) is 4.29. The zero-order valence-electron chi connectivity index (χ0n) is 13.0. The van der Waals surface area contributed by atoms with Gasteiger partial charge in [-0.2, -0.15) is 0 Å². The molecule has 1 aliphatic carbocycles. The SMILES string of the molecule is COc1ccc2c(c1)nnn2-c1ccc2c(c1)CC(NS(=O)O)C2. The number of fused-ring (bicyclic) bond motifs is 2. The maximum atomic E-state index is 10.9. The number of nitrogens with zero attached hydrogens (tertiary/aromatic N) is 3. The maximum absolute atomic E-state index is 10.9. The Labute approximate surface area is 141 Å². The van der Waals surface area contributed by atoms with Gasteiger partial charge in [0.25, 0.3) is 0 Å². The molecular weight excluding hydrogens is 328 g/mol. The Kier molecular flexibility index (Phi) is 3.79. The highest BCUT2D eigenvalue weighted by Gasteiger charge is 2.23. The zero-order valence-corrected chi connectivity index (χ0v) is 13.8. The molecule has 0 spiro atoms. The smallest absolute Gasteiger partial charge is 0.231 e. The summed E-state index contributed by atoms with van der Waals surface area (Å²) in [5.74, 6) is 0.745. The lowest BCUT2D eigenvalue weighted by Crippen LogP contribution is -2.30. The number of methoxy groups -OCH3 is 1. The molecule has 1 heterocycles. The molecule has 3 aromatic rings. The summed E-state index contributed by atoms with van der Waals surface area (Å²) in [6.45, 7) is 0. The van der Waals surface area contributed by atoms with Crippen molar-refractivity contribution in [3.05, 3.63) is 47.5 Å². The van der Waals surface area contributed by atoms with Gasteiger partial charge in [0.2, 0.25) is 11.3 Å². The lowest BCUT2D eigenvalue weighted by Gasteiger charge is -2.06. The number of ether oxygens (including phenoxy) is 1. The highest BCUT2D eigenvalue weighted by atomic mass is 32.2. The van der Waals surface area contributed by atoms with E-state index >= 15 is 0 Å². The molecule has 124 valence electrons. The Morgan fingerprint density at radius 1 is 1.25 bits per heavy atom. The van der Waals surface area contributed by atoms with Gasteiger partial charge in [0, 0.05) is 12.1 Å². The van der Waals surface area contributed by atoms with Gasteiger partial charge in [0.05, 0.1) is 18.3 Å². The van der Waals surface area contributed by atoms with Crippen molar-refractivity contribution in [3.63, 3.8) is 0 Å². The highest BCUT2D eigenvalue weighted by molar-refractivity contribution is 7.77. The van der Waals surface area contributed by atoms with Gasteiger partial charge in [-0.15, -0.1) is 5.10 Å². The lowest BCUT2D eigenvalue weighted by molar-refractivity contribution is 0.415. The molecule has 24 heavy (non-hydrogen) atoms. The molecule has 2 atom stereocenters. The summed E-state index contributed by atoms with van der Waals surface area (Å²) in [7, 11) is 1.62. The van der Waals surface area contributed by atoms with E-state index in [1.54, 1.807) is 11.8 Å². The molecule has 1 aliphatic rings. The molecule has 0 saturated heterocycles. The molecule has 0 bridgehead atoms. The topological polar surface area (TPSA) is 89.3 Å². The minimum atomic E-state index is -1.99. The summed E-state index contributed by atoms with van der Waals surface area (Å²) in [5, 5.41) is 8.44. The van der Waals surface area contributed by atoms with E-state index in [1.807, 2.05) is 30.3 Å². The number of aromatic nitrogens is 3. The van der Waals surface area contributed by atoms with Crippen LogP contribution >= 0.6 is 0 Å². The van der Waals surface area contributed by atoms with Crippen molar-refractivity contribution in [1.82, 2.24) is 19.7 Å². The predicted molar refractivity (Wildman–Crippen MR) is 90.5 cm³/mol. The maximum Gasteiger partial charge on any atom is 0.231 e. The van der Waals surface area contributed by atoms with Gasteiger partial charge in [-0.1, -0.05) is 11.3 Å². The molecule has 1 aromatic heterocycles. The second kappa shape index (κ2) is 5.97. The van der Waals surface area contributed by atoms with E-state index in [1.165, 1.54) is 5.56 Å². The Hall–Kier alpha value is -2.29. The van der Waals surface area contributed by atoms with Crippen molar-refractivity contribution >= 4 is 22.3 Å². The standard InChI is InChI=1S/C16H16N4O3S/c1-23-14-4-5-16-15(9-14)17-19-20(16)13-3-2-10-6-12(18-24(21)22)7-11(10)8-13/h2-5,8-9,12,18H,6-7H2,1H3,(H,21,22). The summed E-state index contributed by atoms with van der Waals surface area (Å²) < 4.78 is 29.6. The Bertz CT molecular complexity index is 940. The minimum absolute atomic E-state index is 0.0159. The van der Waals surface area contributed by atoms with Crippen LogP contribution < -0.4 is 9.46 Å². The van der Waals surface area contributed by atoms with Crippen LogP contribution in [0.1, 0.15) is 11.1 Å². The molecule has 0 aliphatic heterocycles. The Balaban J connectivity index is 1.68. The first-order valence-corrected chi connectivity index (χ1v) is 8.63. The molecule has 8 heteroatoms. The minimum Gasteiger partial charge on any atom is -0.497 e. The highest BCUT2D eigenvalue weighted by Crippen LogP contribution is 2.27. The molecular formula is C16H16N4O3S. The van der Waals surface area contributed by atoms with Crippen LogP contribution in [0.5, 0.6) is 5.75 Å². The van der Waals surface area contributed by atoms with Gasteiger partial charge in [-0.3, -0.25) is 4.55 Å². The van der Waals surface area contributed by atoms with Gasteiger partial charge >= 0.3 is 0 Å². The van der Waals surface area contributed by atoms with Gasteiger partial charge in [-0.05, 0) is 48.2 Å². The molecule has 4 rings (SSSR count). The van der Waals surface area contributed by atoms with E-state index in [2.05, 4.69) is 21.1 Å². The summed E-state index contributed by atoms with van der Waals surface area (Å²) in [6.07, 6.45) is 1.47. The second-order valence-corrected chi connectivity index (χ2v) is 6.52. The van der Waals surface area contributed by atoms with Gasteiger partial charge in [0.1, 0.15) is 11.3 Å². The Morgan fingerprint density at radius 3 is 2.88 bits per heavy atom. The average Bonchev–Trinajstić information content (AvgIpc) is 3.15. The molecule has 7 nitrogen and oxygen atoms in total. The van der Waals surface area contributed by atoms with Crippen molar-refractivity contribution < 1.29 is 13.5 Å². The van der Waals surface area contributed by atoms with Crippen molar-refractivity contribution in [1.29, 1.82) is 0 Å². The third kappa shape index (κ3) is 2.68. The number of benzene rings is 2. The number of nitrogens with one attached hydrogen (secondary N) is 1. The van der Waals surface area contributed by atoms with Crippen molar-refractivity contribution in [3.8, 4) is 11.4 Å². The Morgan fingerprint density at radius 2 is 2.08 bits per heavy atom. The number of hydrogen-bond donors (Lipinski definition) is 2. The van der Waals surface area contributed by atoms with E-state index in [0.717, 1.165) is 40.9 Å². The predicted octanol–water partition coefficient (Wildman–Crippen LogP) is 1.62. The summed E-state index contributed by atoms with van der Waals surface area (Å²) in [5.41, 5.74) is 4.94. The fourth-order valence-corrected chi connectivity index (χ4v) is 3.64. The van der Waals surface area contributed by atoms with Gasteiger partial charge < -0.3 is 4.74 Å². The zero-order chi connectivity index (χ0) is 16.7. The van der Waals surface area contributed by atoms with Crippen LogP contribution in [-0.2, 0) is 24.1 Å². The first-order chi connectivity index (χ1) is 11.6. The van der Waals surface area contributed by atoms with E-state index in [4.69, 9.17) is 9.29 Å². The third-order valence-corrected chi connectivity index (χ3v) is 4.82. The lowest BCUT2D eigenvalue weighted by atomic mass is 10.1. The van der Waals surface area contributed by atoms with Crippen LogP contribution in [0.15, 0.2) is 36.4 Å².